The number of benzene rings is 1. The number of aromatic nitrogens is 2. The Bertz CT molecular complexity index is 1140. The second kappa shape index (κ2) is 7.81. The molecule has 2 aromatic heterocycles. The highest BCUT2D eigenvalue weighted by Crippen LogP contribution is 2.29. The maximum absolute atomic E-state index is 12.5. The lowest BCUT2D eigenvalue weighted by Gasteiger charge is -2.15. The summed E-state index contributed by atoms with van der Waals surface area (Å²) in [5.74, 6) is -3.29. The van der Waals surface area contributed by atoms with E-state index in [1.807, 2.05) is 47.8 Å². The molecule has 3 aromatic rings. The molecule has 0 spiro atoms. The third-order valence-electron chi connectivity index (χ3n) is 4.36. The number of esters is 1. The van der Waals surface area contributed by atoms with Gasteiger partial charge in [0.15, 0.2) is 17.5 Å². The number of allylic oxidation sites excluding steroid dienone is 3. The molecule has 0 N–H and O–H groups in total. The first-order valence-corrected chi connectivity index (χ1v) is 9.75. The fraction of sp³-hybridized carbons (Fsp3) is 0.0909. The van der Waals surface area contributed by atoms with Crippen molar-refractivity contribution in [2.24, 2.45) is 5.92 Å². The van der Waals surface area contributed by atoms with E-state index in [1.165, 1.54) is 30.4 Å². The van der Waals surface area contributed by atoms with Crippen LogP contribution in [0.4, 0.5) is 0 Å². The van der Waals surface area contributed by atoms with Crippen molar-refractivity contribution in [2.75, 3.05) is 0 Å². The summed E-state index contributed by atoms with van der Waals surface area (Å²) in [6.07, 6.45) is 5.79. The van der Waals surface area contributed by atoms with E-state index in [0.717, 1.165) is 10.6 Å². The van der Waals surface area contributed by atoms with E-state index in [4.69, 9.17) is 4.74 Å². The van der Waals surface area contributed by atoms with E-state index < -0.39 is 23.5 Å². The Morgan fingerprint density at radius 2 is 1.97 bits per heavy atom. The zero-order valence-electron chi connectivity index (χ0n) is 15.4. The topological polar surface area (TPSA) is 78.3 Å². The van der Waals surface area contributed by atoms with Gasteiger partial charge in [0.2, 0.25) is 0 Å². The summed E-state index contributed by atoms with van der Waals surface area (Å²) in [5, 5.41) is 6.59. The smallest absolute Gasteiger partial charge is 0.329 e. The summed E-state index contributed by atoms with van der Waals surface area (Å²) in [5.41, 5.74) is 2.29. The number of cyclic esters (lactones) is 1. The Hall–Kier alpha value is -3.58. The molecular formula is C22H16N2O4S. The molecule has 3 heterocycles. The molecule has 0 amide bonds. The lowest BCUT2D eigenvalue weighted by molar-refractivity contribution is -0.151. The van der Waals surface area contributed by atoms with Gasteiger partial charge in [-0.2, -0.15) is 5.10 Å². The number of rotatable bonds is 5. The normalized spacial score (nSPS) is 16.7. The van der Waals surface area contributed by atoms with Crippen molar-refractivity contribution in [3.8, 4) is 16.3 Å². The van der Waals surface area contributed by atoms with Gasteiger partial charge in [0.1, 0.15) is 11.5 Å². The predicted octanol–water partition coefficient (Wildman–Crippen LogP) is 3.83. The minimum atomic E-state index is -1.45. The van der Waals surface area contributed by atoms with Crippen molar-refractivity contribution in [3.63, 3.8) is 0 Å². The number of ether oxygens (including phenoxy) is 1. The average molecular weight is 404 g/mol. The highest BCUT2D eigenvalue weighted by Gasteiger charge is 2.36. The van der Waals surface area contributed by atoms with Crippen molar-refractivity contribution in [2.45, 2.75) is 6.92 Å². The molecule has 1 aromatic carbocycles. The van der Waals surface area contributed by atoms with Crippen LogP contribution in [-0.2, 0) is 19.1 Å². The van der Waals surface area contributed by atoms with Crippen LogP contribution in [0.25, 0.3) is 22.3 Å². The molecule has 0 saturated carbocycles. The van der Waals surface area contributed by atoms with Gasteiger partial charge in [-0.15, -0.1) is 11.3 Å². The first-order chi connectivity index (χ1) is 14.0. The molecule has 1 atom stereocenters. The zero-order chi connectivity index (χ0) is 20.4. The molecule has 0 aliphatic carbocycles. The van der Waals surface area contributed by atoms with Gasteiger partial charge in [-0.1, -0.05) is 24.3 Å². The summed E-state index contributed by atoms with van der Waals surface area (Å²) in [6.45, 7) is 1.50. The molecule has 7 heteroatoms. The predicted molar refractivity (Wildman–Crippen MR) is 109 cm³/mol. The SMILES string of the molecule is CC1=CC(=O)C(C(=O)/C=C/c2cn(-c3ccccc3)nc2-c2cccs2)C(=O)O1. The largest absolute Gasteiger partial charge is 0.430 e. The molecule has 6 nitrogen and oxygen atoms in total. The third-order valence-corrected chi connectivity index (χ3v) is 5.23. The lowest BCUT2D eigenvalue weighted by Crippen LogP contribution is -2.34. The van der Waals surface area contributed by atoms with Crippen LogP contribution < -0.4 is 0 Å². The Kier molecular flexibility index (Phi) is 5.05. The fourth-order valence-electron chi connectivity index (χ4n) is 3.00. The van der Waals surface area contributed by atoms with E-state index in [0.29, 0.717) is 11.3 Å². The van der Waals surface area contributed by atoms with Gasteiger partial charge in [-0.05, 0) is 42.7 Å². The van der Waals surface area contributed by atoms with Crippen LogP contribution in [0.5, 0.6) is 0 Å². The van der Waals surface area contributed by atoms with E-state index in [-0.39, 0.29) is 5.76 Å². The van der Waals surface area contributed by atoms with Crippen LogP contribution in [0.2, 0.25) is 0 Å². The van der Waals surface area contributed by atoms with Crippen molar-refractivity contribution in [3.05, 3.63) is 77.5 Å². The van der Waals surface area contributed by atoms with Crippen LogP contribution >= 0.6 is 11.3 Å². The van der Waals surface area contributed by atoms with Crippen LogP contribution in [-0.4, -0.2) is 27.3 Å². The van der Waals surface area contributed by atoms with Crippen LogP contribution in [0, 0.1) is 5.92 Å². The van der Waals surface area contributed by atoms with Gasteiger partial charge >= 0.3 is 5.97 Å². The van der Waals surface area contributed by atoms with E-state index in [9.17, 15) is 14.4 Å². The van der Waals surface area contributed by atoms with Gasteiger partial charge in [-0.3, -0.25) is 14.4 Å². The molecular weight excluding hydrogens is 388 g/mol. The van der Waals surface area contributed by atoms with Crippen molar-refractivity contribution in [1.29, 1.82) is 0 Å². The number of nitrogens with zero attached hydrogens (tertiary/aromatic N) is 2. The molecule has 0 fully saturated rings. The number of hydrogen-bond acceptors (Lipinski definition) is 6. The van der Waals surface area contributed by atoms with Crippen LogP contribution in [0.3, 0.4) is 0 Å². The van der Waals surface area contributed by atoms with Gasteiger partial charge < -0.3 is 4.74 Å². The van der Waals surface area contributed by atoms with Crippen molar-refractivity contribution >= 4 is 34.9 Å². The molecule has 0 bridgehead atoms. The first-order valence-electron chi connectivity index (χ1n) is 8.87. The second-order valence-corrected chi connectivity index (χ2v) is 7.39. The summed E-state index contributed by atoms with van der Waals surface area (Å²) < 4.78 is 6.65. The molecule has 1 aliphatic rings. The molecule has 0 radical (unpaired) electrons. The first kappa shape index (κ1) is 18.8. The lowest BCUT2D eigenvalue weighted by atomic mass is 9.96. The number of ketones is 2. The maximum atomic E-state index is 12.5. The maximum Gasteiger partial charge on any atom is 0.329 e. The standard InChI is InChI=1S/C22H16N2O4S/c1-14-12-18(26)20(22(27)28-14)17(25)10-9-15-13-24(16-6-3-2-4-7-16)23-21(15)19-8-5-11-29-19/h2-13,20H,1H3/b10-9+. The van der Waals surface area contributed by atoms with Gasteiger partial charge in [0.25, 0.3) is 0 Å². The number of carbonyl (C=O) groups is 3. The van der Waals surface area contributed by atoms with E-state index in [2.05, 4.69) is 5.10 Å². The summed E-state index contributed by atoms with van der Waals surface area (Å²) in [6, 6.07) is 13.5. The highest BCUT2D eigenvalue weighted by molar-refractivity contribution is 7.13. The number of carbonyl (C=O) groups excluding carboxylic acids is 3. The van der Waals surface area contributed by atoms with Gasteiger partial charge in [0.05, 0.1) is 10.6 Å². The summed E-state index contributed by atoms with van der Waals surface area (Å²) in [4.78, 5) is 37.5. The zero-order valence-corrected chi connectivity index (χ0v) is 16.3. The van der Waals surface area contributed by atoms with Gasteiger partial charge in [0, 0.05) is 17.8 Å². The summed E-state index contributed by atoms with van der Waals surface area (Å²) >= 11 is 1.53. The second-order valence-electron chi connectivity index (χ2n) is 6.44. The monoisotopic (exact) mass is 404 g/mol. The van der Waals surface area contributed by atoms with Crippen molar-refractivity contribution < 1.29 is 19.1 Å². The van der Waals surface area contributed by atoms with E-state index in [1.54, 1.807) is 17.0 Å². The van der Waals surface area contributed by atoms with Crippen LogP contribution in [0.1, 0.15) is 12.5 Å². The molecule has 144 valence electrons. The highest BCUT2D eigenvalue weighted by atomic mass is 32.1. The molecule has 1 unspecified atom stereocenters. The molecule has 4 rings (SSSR count). The third kappa shape index (κ3) is 3.86. The Morgan fingerprint density at radius 3 is 2.66 bits per heavy atom. The van der Waals surface area contributed by atoms with Crippen molar-refractivity contribution in [1.82, 2.24) is 9.78 Å². The molecule has 29 heavy (non-hydrogen) atoms. The van der Waals surface area contributed by atoms with Crippen LogP contribution in [0.15, 0.2) is 72.0 Å². The quantitative estimate of drug-likeness (QED) is 0.367. The molecule has 1 aliphatic heterocycles. The number of para-hydroxylation sites is 1. The molecule has 0 saturated heterocycles. The Balaban J connectivity index is 1.67. The number of hydrogen-bond donors (Lipinski definition) is 0. The Labute approximate surface area is 170 Å². The summed E-state index contributed by atoms with van der Waals surface area (Å²) in [7, 11) is 0. The average Bonchev–Trinajstić information content (AvgIpc) is 3.36. The van der Waals surface area contributed by atoms with E-state index >= 15 is 0 Å². The minimum absolute atomic E-state index is 0.192. The fourth-order valence-corrected chi connectivity index (χ4v) is 3.73. The minimum Gasteiger partial charge on any atom is -0.430 e. The Morgan fingerprint density at radius 1 is 1.17 bits per heavy atom. The van der Waals surface area contributed by atoms with Gasteiger partial charge in [-0.25, -0.2) is 4.68 Å². The number of thiophene rings is 1.